The van der Waals surface area contributed by atoms with E-state index in [2.05, 4.69) is 0 Å². The van der Waals surface area contributed by atoms with E-state index in [4.69, 9.17) is 0 Å². The van der Waals surface area contributed by atoms with Crippen molar-refractivity contribution >= 4 is 22.7 Å². The SMILES string of the molecule is Cc1ccc([NH+]([O-])c2ccc(-c3ccc([NH+]([O-])c4ccc(C)cc4)cc3)cc2)cc1. The van der Waals surface area contributed by atoms with Gasteiger partial charge in [0.1, 0.15) is 22.7 Å². The van der Waals surface area contributed by atoms with Gasteiger partial charge in [0.05, 0.1) is 0 Å². The lowest BCUT2D eigenvalue weighted by Crippen LogP contribution is -2.96. The third kappa shape index (κ3) is 4.32. The largest absolute Gasteiger partial charge is 0.623 e. The van der Waals surface area contributed by atoms with Gasteiger partial charge in [-0.2, -0.15) is 0 Å². The molecule has 150 valence electrons. The Labute approximate surface area is 176 Å². The van der Waals surface area contributed by atoms with E-state index in [1.807, 2.05) is 111 Å². The first kappa shape index (κ1) is 20.0. The quantitative estimate of drug-likeness (QED) is 0.482. The maximum atomic E-state index is 12.6. The van der Waals surface area contributed by atoms with Crippen molar-refractivity contribution in [3.63, 3.8) is 0 Å². The molecule has 2 N–H and O–H groups in total. The summed E-state index contributed by atoms with van der Waals surface area (Å²) >= 11 is 0. The Hall–Kier alpha value is -3.28. The minimum absolute atomic E-state index is 0.0144. The van der Waals surface area contributed by atoms with Crippen molar-refractivity contribution in [2.75, 3.05) is 0 Å². The maximum absolute atomic E-state index is 12.6. The van der Waals surface area contributed by atoms with E-state index in [-0.39, 0.29) is 10.1 Å². The zero-order valence-electron chi connectivity index (χ0n) is 17.1. The van der Waals surface area contributed by atoms with E-state index < -0.39 is 0 Å². The van der Waals surface area contributed by atoms with Gasteiger partial charge in [-0.25, -0.2) is 0 Å². The van der Waals surface area contributed by atoms with Crippen LogP contribution >= 0.6 is 0 Å². The molecule has 0 saturated carbocycles. The fraction of sp³-hybridized carbons (Fsp3) is 0.0769. The van der Waals surface area contributed by atoms with Gasteiger partial charge >= 0.3 is 0 Å². The molecule has 0 aromatic heterocycles. The standard InChI is InChI=1S/C26H24N2O2/c1-19-3-11-23(12-4-19)27(29)25-15-7-21(8-16-25)22-9-17-26(18-10-22)28(30)24-13-5-20(2)6-14-24/h3-18,27-28H,1-2H3. The predicted molar refractivity (Wildman–Crippen MR) is 122 cm³/mol. The van der Waals surface area contributed by atoms with E-state index in [1.54, 1.807) is 0 Å². The molecule has 0 spiro atoms. The summed E-state index contributed by atoms with van der Waals surface area (Å²) in [6.45, 7) is 4.01. The number of rotatable bonds is 5. The lowest BCUT2D eigenvalue weighted by atomic mass is 10.0. The molecule has 2 unspecified atom stereocenters. The predicted octanol–water partition coefficient (Wildman–Crippen LogP) is 4.66. The van der Waals surface area contributed by atoms with E-state index >= 15 is 0 Å². The zero-order chi connectivity index (χ0) is 21.1. The second-order valence-electron chi connectivity index (χ2n) is 7.54. The Kier molecular flexibility index (Phi) is 5.74. The highest BCUT2D eigenvalue weighted by Crippen LogP contribution is 2.22. The Balaban J connectivity index is 1.50. The summed E-state index contributed by atoms with van der Waals surface area (Å²) in [7, 11) is 0. The third-order valence-corrected chi connectivity index (χ3v) is 5.26. The van der Waals surface area contributed by atoms with Crippen LogP contribution < -0.4 is 10.1 Å². The van der Waals surface area contributed by atoms with Crippen LogP contribution in [0, 0.1) is 24.3 Å². The lowest BCUT2D eigenvalue weighted by molar-refractivity contribution is -0.698. The molecule has 4 aromatic carbocycles. The zero-order valence-corrected chi connectivity index (χ0v) is 17.1. The molecule has 4 rings (SSSR count). The highest BCUT2D eigenvalue weighted by Gasteiger charge is 2.09. The monoisotopic (exact) mass is 396 g/mol. The molecule has 0 aliphatic rings. The molecule has 0 aliphatic carbocycles. The van der Waals surface area contributed by atoms with Crippen molar-refractivity contribution in [2.24, 2.45) is 0 Å². The summed E-state index contributed by atoms with van der Waals surface area (Å²) in [5.74, 6) is 0. The third-order valence-electron chi connectivity index (χ3n) is 5.26. The minimum Gasteiger partial charge on any atom is -0.623 e. The second kappa shape index (κ2) is 8.61. The van der Waals surface area contributed by atoms with Crippen LogP contribution in [0.4, 0.5) is 22.7 Å². The van der Waals surface area contributed by atoms with Crippen LogP contribution in [0.15, 0.2) is 97.1 Å². The number of hydrogen-bond acceptors (Lipinski definition) is 2. The first-order valence-corrected chi connectivity index (χ1v) is 9.94. The van der Waals surface area contributed by atoms with Crippen molar-refractivity contribution < 1.29 is 10.1 Å². The van der Waals surface area contributed by atoms with Crippen LogP contribution in [0.2, 0.25) is 0 Å². The normalized spacial score (nSPS) is 13.1. The molecule has 0 amide bonds. The minimum atomic E-state index is 0.0144. The Bertz CT molecular complexity index is 1010. The van der Waals surface area contributed by atoms with Crippen molar-refractivity contribution in [2.45, 2.75) is 13.8 Å². The molecule has 0 heterocycles. The average molecular weight is 396 g/mol. The van der Waals surface area contributed by atoms with E-state index in [9.17, 15) is 10.4 Å². The van der Waals surface area contributed by atoms with E-state index in [0.29, 0.717) is 22.7 Å². The first-order valence-electron chi connectivity index (χ1n) is 9.94. The van der Waals surface area contributed by atoms with Gasteiger partial charge in [0.25, 0.3) is 0 Å². The molecular weight excluding hydrogens is 372 g/mol. The number of nitrogens with one attached hydrogen (secondary N) is 2. The summed E-state index contributed by atoms with van der Waals surface area (Å²) in [5, 5.41) is 25.3. The maximum Gasteiger partial charge on any atom is 0.136 e. The van der Waals surface area contributed by atoms with Crippen LogP contribution in [-0.4, -0.2) is 0 Å². The highest BCUT2D eigenvalue weighted by molar-refractivity contribution is 5.66. The topological polar surface area (TPSA) is 55.0 Å². The number of benzene rings is 4. The highest BCUT2D eigenvalue weighted by atomic mass is 16.5. The molecule has 0 aliphatic heterocycles. The van der Waals surface area contributed by atoms with Crippen LogP contribution in [0.1, 0.15) is 11.1 Å². The van der Waals surface area contributed by atoms with Crippen LogP contribution in [0.25, 0.3) is 11.1 Å². The summed E-state index contributed by atoms with van der Waals surface area (Å²) in [4.78, 5) is 0. The van der Waals surface area contributed by atoms with Crippen molar-refractivity contribution in [3.05, 3.63) is 119 Å². The fourth-order valence-electron chi connectivity index (χ4n) is 3.37. The van der Waals surface area contributed by atoms with E-state index in [0.717, 1.165) is 22.3 Å². The molecule has 4 aromatic rings. The van der Waals surface area contributed by atoms with Crippen molar-refractivity contribution in [3.8, 4) is 11.1 Å². The molecule has 4 heteroatoms. The summed E-state index contributed by atoms with van der Waals surface area (Å²) in [6, 6.07) is 30.4. The Morgan fingerprint density at radius 1 is 0.400 bits per heavy atom. The van der Waals surface area contributed by atoms with Gasteiger partial charge in [-0.15, -0.1) is 0 Å². The summed E-state index contributed by atoms with van der Waals surface area (Å²) in [5.41, 5.74) is 6.97. The number of aryl methyl sites for hydroxylation is 2. The summed E-state index contributed by atoms with van der Waals surface area (Å²) in [6.07, 6.45) is 0. The van der Waals surface area contributed by atoms with Crippen LogP contribution in [0.5, 0.6) is 0 Å². The van der Waals surface area contributed by atoms with Crippen molar-refractivity contribution in [1.29, 1.82) is 0 Å². The van der Waals surface area contributed by atoms with Gasteiger partial charge in [-0.05, 0) is 49.2 Å². The van der Waals surface area contributed by atoms with Gasteiger partial charge in [-0.3, -0.25) is 0 Å². The lowest BCUT2D eigenvalue weighted by Gasteiger charge is -2.22. The van der Waals surface area contributed by atoms with Crippen LogP contribution in [0.3, 0.4) is 0 Å². The molecule has 30 heavy (non-hydrogen) atoms. The van der Waals surface area contributed by atoms with Gasteiger partial charge in [0.15, 0.2) is 0 Å². The van der Waals surface area contributed by atoms with Gasteiger partial charge in [0, 0.05) is 48.5 Å². The Morgan fingerprint density at radius 2 is 0.633 bits per heavy atom. The molecule has 0 radical (unpaired) electrons. The molecule has 0 fully saturated rings. The van der Waals surface area contributed by atoms with E-state index in [1.165, 1.54) is 0 Å². The first-order chi connectivity index (χ1) is 14.5. The molecule has 4 nitrogen and oxygen atoms in total. The molecular formula is C26H24N2O2. The second-order valence-corrected chi connectivity index (χ2v) is 7.54. The van der Waals surface area contributed by atoms with Gasteiger partial charge < -0.3 is 20.5 Å². The van der Waals surface area contributed by atoms with Gasteiger partial charge in [0.2, 0.25) is 0 Å². The van der Waals surface area contributed by atoms with Crippen molar-refractivity contribution in [1.82, 2.24) is 0 Å². The smallest absolute Gasteiger partial charge is 0.136 e. The van der Waals surface area contributed by atoms with Gasteiger partial charge in [-0.1, -0.05) is 35.4 Å². The summed E-state index contributed by atoms with van der Waals surface area (Å²) < 4.78 is 0. The molecule has 0 bridgehead atoms. The number of hydrogen-bond donors (Lipinski definition) is 2. The molecule has 0 saturated heterocycles. The Morgan fingerprint density at radius 3 is 0.900 bits per heavy atom. The molecule has 2 atom stereocenters. The van der Waals surface area contributed by atoms with Crippen LogP contribution in [-0.2, 0) is 0 Å². The fourth-order valence-corrected chi connectivity index (χ4v) is 3.37. The number of quaternary nitrogens is 2. The average Bonchev–Trinajstić information content (AvgIpc) is 2.79.